The molecule has 5 heteroatoms. The lowest BCUT2D eigenvalue weighted by molar-refractivity contribution is -0.128. The van der Waals surface area contributed by atoms with E-state index in [1.54, 1.807) is 37.3 Å². The van der Waals surface area contributed by atoms with Gasteiger partial charge >= 0.3 is 0 Å². The molecular formula is C15H21NO3S. The summed E-state index contributed by atoms with van der Waals surface area (Å²) in [7, 11) is -3.73. The summed E-state index contributed by atoms with van der Waals surface area (Å²) >= 11 is 0. The number of hydrogen-bond acceptors (Lipinski definition) is 3. The zero-order chi connectivity index (χ0) is 14.6. The van der Waals surface area contributed by atoms with Crippen LogP contribution in [0.2, 0.25) is 0 Å². The number of nitrogens with zero attached hydrogens (tertiary/aromatic N) is 1. The molecular weight excluding hydrogens is 274 g/mol. The zero-order valence-electron chi connectivity index (χ0n) is 11.8. The molecule has 0 radical (unpaired) electrons. The number of rotatable bonds is 4. The third-order valence-corrected chi connectivity index (χ3v) is 5.64. The van der Waals surface area contributed by atoms with Gasteiger partial charge in [0, 0.05) is 12.5 Å². The third kappa shape index (κ3) is 3.03. The van der Waals surface area contributed by atoms with E-state index in [1.165, 1.54) is 0 Å². The lowest BCUT2D eigenvalue weighted by Gasteiger charge is -2.33. The van der Waals surface area contributed by atoms with Crippen molar-refractivity contribution in [1.82, 2.24) is 4.31 Å². The van der Waals surface area contributed by atoms with Gasteiger partial charge in [0.1, 0.15) is 0 Å². The molecule has 1 fully saturated rings. The molecule has 110 valence electrons. The zero-order valence-corrected chi connectivity index (χ0v) is 12.6. The van der Waals surface area contributed by atoms with E-state index < -0.39 is 10.0 Å². The van der Waals surface area contributed by atoms with Crippen LogP contribution in [0.15, 0.2) is 35.2 Å². The van der Waals surface area contributed by atoms with Crippen molar-refractivity contribution in [2.75, 3.05) is 0 Å². The first-order valence-corrected chi connectivity index (χ1v) is 8.63. The number of carbonyl (C=O) groups is 1. The van der Waals surface area contributed by atoms with Gasteiger partial charge < -0.3 is 0 Å². The second-order valence-electron chi connectivity index (χ2n) is 5.15. The summed E-state index contributed by atoms with van der Waals surface area (Å²) in [6, 6.07) is 8.06. The number of benzene rings is 1. The van der Waals surface area contributed by atoms with Crippen LogP contribution in [0.25, 0.3) is 0 Å². The Hall–Kier alpha value is -1.36. The number of hydrogen-bond donors (Lipinski definition) is 0. The summed E-state index contributed by atoms with van der Waals surface area (Å²) < 4.78 is 26.6. The maximum absolute atomic E-state index is 12.7. The number of carbonyl (C=O) groups excluding carboxylic acids is 1. The van der Waals surface area contributed by atoms with Crippen molar-refractivity contribution in [3.05, 3.63) is 30.3 Å². The summed E-state index contributed by atoms with van der Waals surface area (Å²) in [5.74, 6) is -0.305. The highest BCUT2D eigenvalue weighted by Crippen LogP contribution is 2.28. The molecule has 0 aromatic heterocycles. The fourth-order valence-electron chi connectivity index (χ4n) is 2.71. The van der Waals surface area contributed by atoms with E-state index in [2.05, 4.69) is 0 Å². The van der Waals surface area contributed by atoms with Crippen LogP contribution in [0.3, 0.4) is 0 Å². The van der Waals surface area contributed by atoms with Crippen molar-refractivity contribution in [3.63, 3.8) is 0 Å². The van der Waals surface area contributed by atoms with Gasteiger partial charge in [0.25, 0.3) is 10.0 Å². The monoisotopic (exact) mass is 295 g/mol. The minimum Gasteiger partial charge on any atom is -0.274 e. The molecule has 4 nitrogen and oxygen atoms in total. The van der Waals surface area contributed by atoms with Gasteiger partial charge in [0.05, 0.1) is 4.90 Å². The van der Waals surface area contributed by atoms with E-state index in [0.29, 0.717) is 0 Å². The molecule has 1 aromatic carbocycles. The maximum Gasteiger partial charge on any atom is 0.266 e. The molecule has 1 aromatic rings. The second-order valence-corrected chi connectivity index (χ2v) is 6.97. The molecule has 1 amide bonds. The van der Waals surface area contributed by atoms with Gasteiger partial charge in [0.15, 0.2) is 0 Å². The van der Waals surface area contributed by atoms with Crippen LogP contribution in [0, 0.1) is 0 Å². The molecule has 1 aliphatic carbocycles. The Labute approximate surface area is 120 Å². The number of amides is 1. The standard InChI is InChI=1S/C15H21NO3S/c1-2-15(17)16(13-9-5-3-6-10-13)20(18,19)14-11-7-4-8-12-14/h4,7-8,11-13H,2-3,5-6,9-10H2,1H3. The van der Waals surface area contributed by atoms with Gasteiger partial charge in [0.2, 0.25) is 5.91 Å². The molecule has 0 heterocycles. The summed E-state index contributed by atoms with van der Waals surface area (Å²) in [5, 5.41) is 0. The predicted molar refractivity (Wildman–Crippen MR) is 77.6 cm³/mol. The summed E-state index contributed by atoms with van der Waals surface area (Å²) in [6.07, 6.45) is 4.86. The lowest BCUT2D eigenvalue weighted by atomic mass is 9.95. The fraction of sp³-hybridized carbons (Fsp3) is 0.533. The van der Waals surface area contributed by atoms with Gasteiger partial charge in [-0.05, 0) is 25.0 Å². The molecule has 0 spiro atoms. The van der Waals surface area contributed by atoms with Crippen LogP contribution in [0.5, 0.6) is 0 Å². The topological polar surface area (TPSA) is 54.5 Å². The van der Waals surface area contributed by atoms with Crippen LogP contribution in [-0.2, 0) is 14.8 Å². The van der Waals surface area contributed by atoms with Crippen molar-refractivity contribution in [2.24, 2.45) is 0 Å². The first-order valence-electron chi connectivity index (χ1n) is 7.19. The Kier molecular flexibility index (Phi) is 4.81. The highest BCUT2D eigenvalue weighted by Gasteiger charge is 2.35. The Morgan fingerprint density at radius 1 is 1.15 bits per heavy atom. The van der Waals surface area contributed by atoms with E-state index in [1.807, 2.05) is 0 Å². The SMILES string of the molecule is CCC(=O)N(C1CCCCC1)S(=O)(=O)c1ccccc1. The molecule has 0 saturated heterocycles. The Bertz CT molecular complexity index is 548. The van der Waals surface area contributed by atoms with Crippen molar-refractivity contribution in [1.29, 1.82) is 0 Å². The van der Waals surface area contributed by atoms with E-state index in [9.17, 15) is 13.2 Å². The average Bonchev–Trinajstić information content (AvgIpc) is 2.49. The van der Waals surface area contributed by atoms with Crippen molar-refractivity contribution >= 4 is 15.9 Å². The van der Waals surface area contributed by atoms with E-state index in [0.717, 1.165) is 36.4 Å². The van der Waals surface area contributed by atoms with Gasteiger partial charge in [-0.2, -0.15) is 0 Å². The summed E-state index contributed by atoms with van der Waals surface area (Å²) in [4.78, 5) is 12.4. The first-order chi connectivity index (χ1) is 9.57. The Morgan fingerprint density at radius 3 is 2.30 bits per heavy atom. The fourth-order valence-corrected chi connectivity index (χ4v) is 4.44. The van der Waals surface area contributed by atoms with Gasteiger partial charge in [-0.3, -0.25) is 4.79 Å². The van der Waals surface area contributed by atoms with Crippen molar-refractivity contribution in [3.8, 4) is 0 Å². The molecule has 0 N–H and O–H groups in total. The summed E-state index contributed by atoms with van der Waals surface area (Å²) in [6.45, 7) is 1.71. The van der Waals surface area contributed by atoms with E-state index in [4.69, 9.17) is 0 Å². The first kappa shape index (κ1) is 15.0. The third-order valence-electron chi connectivity index (χ3n) is 3.75. The average molecular weight is 295 g/mol. The van der Waals surface area contributed by atoms with Crippen LogP contribution >= 0.6 is 0 Å². The van der Waals surface area contributed by atoms with E-state index >= 15 is 0 Å². The minimum atomic E-state index is -3.73. The maximum atomic E-state index is 12.7. The molecule has 20 heavy (non-hydrogen) atoms. The number of sulfonamides is 1. The van der Waals surface area contributed by atoms with Crippen molar-refractivity contribution < 1.29 is 13.2 Å². The van der Waals surface area contributed by atoms with Gasteiger partial charge in [-0.1, -0.05) is 44.4 Å². The highest BCUT2D eigenvalue weighted by atomic mass is 32.2. The normalized spacial score (nSPS) is 16.9. The molecule has 0 aliphatic heterocycles. The lowest BCUT2D eigenvalue weighted by Crippen LogP contribution is -2.45. The molecule has 2 rings (SSSR count). The molecule has 0 atom stereocenters. The van der Waals surface area contributed by atoms with Crippen molar-refractivity contribution in [2.45, 2.75) is 56.4 Å². The summed E-state index contributed by atoms with van der Waals surface area (Å²) in [5.41, 5.74) is 0. The second kappa shape index (κ2) is 6.39. The van der Waals surface area contributed by atoms with Crippen LogP contribution in [0.1, 0.15) is 45.4 Å². The molecule has 0 bridgehead atoms. The smallest absolute Gasteiger partial charge is 0.266 e. The quantitative estimate of drug-likeness (QED) is 0.858. The Morgan fingerprint density at radius 2 is 1.75 bits per heavy atom. The molecule has 1 saturated carbocycles. The minimum absolute atomic E-state index is 0.179. The van der Waals surface area contributed by atoms with Crippen LogP contribution < -0.4 is 0 Å². The predicted octanol–water partition coefficient (Wildman–Crippen LogP) is 2.95. The molecule has 1 aliphatic rings. The molecule has 0 unspecified atom stereocenters. The van der Waals surface area contributed by atoms with Crippen LogP contribution in [0.4, 0.5) is 0 Å². The largest absolute Gasteiger partial charge is 0.274 e. The Balaban J connectivity index is 2.38. The van der Waals surface area contributed by atoms with Gasteiger partial charge in [-0.25, -0.2) is 12.7 Å². The van der Waals surface area contributed by atoms with E-state index in [-0.39, 0.29) is 23.3 Å². The van der Waals surface area contributed by atoms with Gasteiger partial charge in [-0.15, -0.1) is 0 Å². The van der Waals surface area contributed by atoms with Crippen LogP contribution in [-0.4, -0.2) is 24.7 Å². The highest BCUT2D eigenvalue weighted by molar-refractivity contribution is 7.89.